The van der Waals surface area contributed by atoms with Gasteiger partial charge >= 0.3 is 0 Å². The summed E-state index contributed by atoms with van der Waals surface area (Å²) in [5, 5.41) is -6.62. The van der Waals surface area contributed by atoms with Gasteiger partial charge in [0.2, 0.25) is 0 Å². The van der Waals surface area contributed by atoms with Gasteiger partial charge in [0.05, 0.1) is 86.9 Å². The number of ether oxygens (including phenoxy) is 1. The first kappa shape index (κ1) is 35.0. The Hall–Kier alpha value is -12.3. The Balaban J connectivity index is 1.06. The molecule has 0 saturated carbocycles. The highest BCUT2D eigenvalue weighted by Gasteiger charge is 2.43. The minimum Gasteiger partial charge on any atom is -0.458 e. The lowest BCUT2D eigenvalue weighted by Gasteiger charge is -2.35. The molecular formula is C99H82N4OSi2. The number of nitrogens with zero attached hydrogens (tertiary/aromatic N) is 4. The van der Waals surface area contributed by atoms with Gasteiger partial charge in [-0.1, -0.05) is 356 Å². The van der Waals surface area contributed by atoms with E-state index in [1.54, 1.807) is 53.1 Å². The van der Waals surface area contributed by atoms with Crippen LogP contribution in [0.3, 0.4) is 0 Å². The van der Waals surface area contributed by atoms with Crippen molar-refractivity contribution >= 4 is 90.5 Å². The van der Waals surface area contributed by atoms with E-state index in [1.165, 1.54) is 69.8 Å². The van der Waals surface area contributed by atoms with E-state index in [1.807, 2.05) is 59.7 Å². The average Bonchev–Trinajstić information content (AvgIpc) is 1.36. The molecule has 0 atom stereocenters. The molecule has 7 heteroatoms. The monoisotopic (exact) mass is 1440 g/mol. The van der Waals surface area contributed by atoms with Crippen molar-refractivity contribution in [2.75, 3.05) is 0 Å². The molecule has 0 N–H and O–H groups in total. The zero-order chi connectivity index (χ0) is 109. The number of aryl methyl sites for hydroxylation is 1. The third-order valence-corrected chi connectivity index (χ3v) is 26.9. The fraction of sp³-hybridized carbons (Fsp3) is 0.0909. The molecule has 0 fully saturated rings. The number of imidazole rings is 1. The number of hydrogen-bond donors (Lipinski definition) is 0. The first-order valence-corrected chi connectivity index (χ1v) is 37.4. The third-order valence-electron chi connectivity index (χ3n) is 18.7. The Morgan fingerprint density at radius 1 is 0.396 bits per heavy atom. The van der Waals surface area contributed by atoms with Gasteiger partial charge in [0.15, 0.2) is 16.1 Å². The molecule has 0 spiro atoms. The fourth-order valence-corrected chi connectivity index (χ4v) is 21.0. The van der Waals surface area contributed by atoms with Crippen molar-refractivity contribution < 1.29 is 66.9 Å². The fourth-order valence-electron chi connectivity index (χ4n) is 13.7. The van der Waals surface area contributed by atoms with Crippen molar-refractivity contribution in [1.29, 1.82) is 0 Å². The number of benzene rings is 14. The predicted molar refractivity (Wildman–Crippen MR) is 448 cm³/mol. The summed E-state index contributed by atoms with van der Waals surface area (Å²) < 4.78 is 412. The maximum Gasteiger partial charge on any atom is 0.269 e. The molecule has 5 nitrogen and oxygen atoms in total. The molecule has 0 bridgehead atoms. The Morgan fingerprint density at radius 3 is 1.44 bits per heavy atom. The van der Waals surface area contributed by atoms with Gasteiger partial charge in [0.1, 0.15) is 17.3 Å². The van der Waals surface area contributed by atoms with E-state index in [0.717, 1.165) is 6.20 Å². The van der Waals surface area contributed by atoms with Gasteiger partial charge in [-0.05, 0) is 146 Å². The number of rotatable bonds is 16. The van der Waals surface area contributed by atoms with E-state index in [9.17, 15) is 38.4 Å². The van der Waals surface area contributed by atoms with Gasteiger partial charge in [-0.15, -0.1) is 0 Å². The van der Waals surface area contributed by atoms with Crippen LogP contribution in [0, 0.1) is 13.2 Å². The zero-order valence-corrected chi connectivity index (χ0v) is 59.4. The lowest BCUT2D eigenvalue weighted by atomic mass is 9.78. The molecule has 14 aromatic carbocycles. The lowest BCUT2D eigenvalue weighted by molar-refractivity contribution is -0.571. The number of hydrogen-bond acceptors (Lipinski definition) is 2. The summed E-state index contributed by atoms with van der Waals surface area (Å²) in [7, 11) is -12.8. The standard InChI is InChI=1S/C99H82N4OSi2/c1-70-60-96(100-68-91(70)71-34-15-8-16-35-71)103-92-55-30-29-52-89(92)90-58-56-78(66-94(90)103)104-77-38-32-37-76(65-77)101-69-102(93-59-57-86(67-95(93)101)106(82-45-23-12-24-46-82,83-47-25-13-26-48-83)84-49-27-14-28-50-84)97-87(53-33-54-88(97)73-61-74(98(2,3)4)64-75(62-73)99(5,6)7)72-36-31-51-85(63-72)105(79-39-17-9-18-40-79,80-41-19-10-20-42-80)81-43-21-11-22-44-81/h8-68H,1-7H3/i1D3,8D,9D,10D,11D,12D,13D,14D,15D,16D,17D,18D,19D,20D,21D,22D,23D,24D,25D,26D,27D,28D,31D,34D,35D,36D,39D,40D,41D,42D,43D,44D,45D,46D,47D,48D,49D,50D,51D,63D. The Kier molecular flexibility index (Phi) is 9.05. The van der Waals surface area contributed by atoms with Gasteiger partial charge in [-0.25, -0.2) is 4.98 Å². The van der Waals surface area contributed by atoms with Crippen molar-refractivity contribution in [2.45, 2.75) is 59.2 Å². The highest BCUT2D eigenvalue weighted by molar-refractivity contribution is 7.20. The average molecular weight is 1440 g/mol. The second-order valence-corrected chi connectivity index (χ2v) is 34.0. The quantitative estimate of drug-likeness (QED) is 0.0418. The van der Waals surface area contributed by atoms with E-state index in [0.29, 0.717) is 38.5 Å². The summed E-state index contributed by atoms with van der Waals surface area (Å²) in [5.41, 5.74) is -2.06. The molecule has 0 aliphatic heterocycles. The summed E-state index contributed by atoms with van der Waals surface area (Å²) in [6, 6.07) is -10.7. The number of fused-ring (bicyclic) bond motifs is 4. The van der Waals surface area contributed by atoms with Gasteiger partial charge in [0, 0.05) is 32.7 Å². The maximum atomic E-state index is 11.4. The van der Waals surface area contributed by atoms with E-state index in [-0.39, 0.29) is 50.9 Å². The van der Waals surface area contributed by atoms with Crippen molar-refractivity contribution in [3.05, 3.63) is 392 Å². The van der Waals surface area contributed by atoms with Gasteiger partial charge in [-0.2, -0.15) is 0 Å². The summed E-state index contributed by atoms with van der Waals surface area (Å²) in [6.45, 7) is 8.52. The van der Waals surface area contributed by atoms with Crippen LogP contribution in [-0.4, -0.2) is 30.3 Å². The second-order valence-electron chi connectivity index (χ2n) is 26.9. The van der Waals surface area contributed by atoms with Crippen molar-refractivity contribution in [1.82, 2.24) is 14.1 Å². The summed E-state index contributed by atoms with van der Waals surface area (Å²) in [4.78, 5) is 4.73. The molecule has 512 valence electrons. The third kappa shape index (κ3) is 11.9. The molecule has 0 amide bonds. The van der Waals surface area contributed by atoms with E-state index in [2.05, 4.69) is 6.33 Å². The largest absolute Gasteiger partial charge is 0.458 e. The van der Waals surface area contributed by atoms with Crippen molar-refractivity contribution in [3.63, 3.8) is 0 Å². The predicted octanol–water partition coefficient (Wildman–Crippen LogP) is 18.7. The van der Waals surface area contributed by atoms with Gasteiger partial charge < -0.3 is 4.74 Å². The smallest absolute Gasteiger partial charge is 0.269 e. The van der Waals surface area contributed by atoms with Crippen LogP contribution in [0.2, 0.25) is 0 Å². The van der Waals surface area contributed by atoms with Crippen LogP contribution in [0.5, 0.6) is 11.5 Å². The van der Waals surface area contributed by atoms with Crippen LogP contribution >= 0.6 is 0 Å². The molecule has 0 aliphatic rings. The molecule has 106 heavy (non-hydrogen) atoms. The zero-order valence-electron chi connectivity index (χ0n) is 99.4. The molecule has 17 rings (SSSR count). The van der Waals surface area contributed by atoms with Crippen LogP contribution in [0.25, 0.3) is 83.4 Å². The minimum absolute atomic E-state index is 0.0229. The molecule has 0 saturated heterocycles. The molecule has 0 unspecified atom stereocenters. The van der Waals surface area contributed by atoms with E-state index in [4.69, 9.17) is 28.9 Å². The minimum atomic E-state index is -6.64. The highest BCUT2D eigenvalue weighted by atomic mass is 28.3. The Morgan fingerprint density at radius 2 is 0.887 bits per heavy atom. The van der Waals surface area contributed by atoms with Crippen molar-refractivity contribution in [3.8, 4) is 62.1 Å². The van der Waals surface area contributed by atoms with Crippen LogP contribution in [0.1, 0.15) is 116 Å². The van der Waals surface area contributed by atoms with Gasteiger partial charge in [-0.3, -0.25) is 13.7 Å². The van der Waals surface area contributed by atoms with Crippen molar-refractivity contribution in [2.24, 2.45) is 0 Å². The normalized spacial score (nSPS) is 17.8. The van der Waals surface area contributed by atoms with E-state index < -0.39 is 333 Å². The number of para-hydroxylation sites is 2. The van der Waals surface area contributed by atoms with Crippen LogP contribution in [0.4, 0.5) is 0 Å². The second kappa shape index (κ2) is 27.4. The number of pyridine rings is 1. The Labute approximate surface area is 683 Å². The summed E-state index contributed by atoms with van der Waals surface area (Å²) in [5.74, 6) is -0.0179. The summed E-state index contributed by atoms with van der Waals surface area (Å²) in [6.07, 6.45) is 4.56. The highest BCUT2D eigenvalue weighted by Crippen LogP contribution is 2.41. The molecule has 3 heterocycles. The van der Waals surface area contributed by atoms with Crippen LogP contribution in [-0.2, 0) is 10.8 Å². The maximum absolute atomic E-state index is 11.4. The molecule has 17 aromatic rings. The summed E-state index contributed by atoms with van der Waals surface area (Å²) >= 11 is 0. The Bertz CT molecular complexity index is 8150. The molecule has 0 radical (unpaired) electrons. The molecule has 3 aromatic heterocycles. The topological polar surface area (TPSA) is 35.9 Å². The molecule has 0 aliphatic carbocycles. The molecular weight excluding hydrogens is 1320 g/mol. The van der Waals surface area contributed by atoms with Gasteiger partial charge in [0.25, 0.3) is 6.33 Å². The first-order chi connectivity index (χ1) is 69.1. The SMILES string of the molecule is [2H]c1c([2H])c([2H])c(-c2cnc(-n3c4ccccc4c4ccc(Oc5cccc(-n6[c-][n+](-c7c(-c8cc(C(C)(C)C)cc(C(C)(C)C)c8)cccc7-c7c([2H])c([2H])c([2H])c([Si](c8c([2H])c([2H])c([2H])c([2H])c8[2H])(c8c([2H])c([2H])c([2H])c([2H])c8[2H])c8c([2H])c([2H])c([2H])c([2H])c8[2H])c7[2H])c7ccc([Si](c8c([2H])c([2H])c([2H])c([2H])c8[2H])(c8c([2H])c([2H])c([2H])c([2H])c8[2H])c8c([2H])c([2H])c([2H])c([2H])c8[2H])cc76)c5)cc43)cc2C([2H])([2H])[2H])c([2H])c1[2H]. The van der Waals surface area contributed by atoms with Crippen LogP contribution in [0.15, 0.2) is 369 Å². The van der Waals surface area contributed by atoms with E-state index >= 15 is 0 Å². The lowest BCUT2D eigenvalue weighted by Crippen LogP contribution is -2.74. The number of aromatic nitrogens is 4. The van der Waals surface area contributed by atoms with Crippen LogP contribution < -0.4 is 50.8 Å². The first-order valence-electron chi connectivity index (χ1n) is 54.4.